The maximum absolute atomic E-state index is 4.59. The van der Waals surface area contributed by atoms with Crippen LogP contribution in [-0.4, -0.2) is 11.2 Å². The molecule has 1 rings (SSSR count). The van der Waals surface area contributed by atoms with Crippen molar-refractivity contribution in [3.63, 3.8) is 0 Å². The van der Waals surface area contributed by atoms with E-state index in [1.165, 1.54) is 25.7 Å². The van der Waals surface area contributed by atoms with E-state index in [0.29, 0.717) is 11.5 Å². The molecule has 1 unspecified atom stereocenters. The van der Waals surface area contributed by atoms with Crippen LogP contribution < -0.4 is 0 Å². The van der Waals surface area contributed by atoms with Gasteiger partial charge in [0.1, 0.15) is 0 Å². The van der Waals surface area contributed by atoms with E-state index < -0.39 is 0 Å². The Morgan fingerprint density at radius 3 is 2.82 bits per heavy atom. The highest BCUT2D eigenvalue weighted by molar-refractivity contribution is 7.78. The van der Waals surface area contributed by atoms with Gasteiger partial charge in [0.25, 0.3) is 0 Å². The maximum atomic E-state index is 4.59. The quantitative estimate of drug-likeness (QED) is 0.434. The minimum atomic E-state index is 0.455. The lowest BCUT2D eigenvalue weighted by atomic mass is 9.75. The lowest BCUT2D eigenvalue weighted by molar-refractivity contribution is 0.222. The summed E-state index contributed by atoms with van der Waals surface area (Å²) in [5.41, 5.74) is 0.471. The fourth-order valence-corrected chi connectivity index (χ4v) is 1.99. The summed E-state index contributed by atoms with van der Waals surface area (Å²) in [5.74, 6) is 0. The summed E-state index contributed by atoms with van der Waals surface area (Å²) in [6, 6.07) is 0.455. The molecule has 1 nitrogen and oxygen atoms in total. The minimum Gasteiger partial charge on any atom is -0.229 e. The summed E-state index contributed by atoms with van der Waals surface area (Å²) in [7, 11) is 0. The molecule has 0 heterocycles. The minimum absolute atomic E-state index is 0.455. The van der Waals surface area contributed by atoms with E-state index in [0.717, 1.165) is 0 Å². The summed E-state index contributed by atoms with van der Waals surface area (Å²) >= 11 is 4.59. The van der Waals surface area contributed by atoms with Crippen molar-refractivity contribution in [2.24, 2.45) is 10.4 Å². The van der Waals surface area contributed by atoms with Crippen LogP contribution in [-0.2, 0) is 0 Å². The molecule has 2 heteroatoms. The number of isothiocyanates is 1. The van der Waals surface area contributed by atoms with E-state index >= 15 is 0 Å². The molecule has 0 saturated heterocycles. The first-order valence-corrected chi connectivity index (χ1v) is 4.62. The molecule has 1 atom stereocenters. The van der Waals surface area contributed by atoms with Crippen molar-refractivity contribution in [3.05, 3.63) is 0 Å². The maximum Gasteiger partial charge on any atom is 0.0607 e. The van der Waals surface area contributed by atoms with Crippen molar-refractivity contribution < 1.29 is 0 Å². The van der Waals surface area contributed by atoms with E-state index in [4.69, 9.17) is 0 Å². The molecule has 0 N–H and O–H groups in total. The van der Waals surface area contributed by atoms with Gasteiger partial charge in [-0.3, -0.25) is 0 Å². The fraction of sp³-hybridized carbons (Fsp3) is 0.889. The van der Waals surface area contributed by atoms with Crippen LogP contribution in [0.3, 0.4) is 0 Å². The van der Waals surface area contributed by atoms with Gasteiger partial charge in [0.15, 0.2) is 0 Å². The first kappa shape index (κ1) is 8.89. The topological polar surface area (TPSA) is 12.4 Å². The fourth-order valence-electron chi connectivity index (χ4n) is 1.84. The summed E-state index contributed by atoms with van der Waals surface area (Å²) in [5, 5.41) is 2.48. The lowest BCUT2D eigenvalue weighted by Gasteiger charge is -2.32. The number of rotatable bonds is 1. The zero-order valence-electron chi connectivity index (χ0n) is 7.26. The predicted octanol–water partition coefficient (Wildman–Crippen LogP) is 3.06. The lowest BCUT2D eigenvalue weighted by Crippen LogP contribution is -2.24. The van der Waals surface area contributed by atoms with Crippen LogP contribution >= 0.6 is 12.2 Å². The van der Waals surface area contributed by atoms with E-state index in [1.54, 1.807) is 0 Å². The Morgan fingerprint density at radius 2 is 2.27 bits per heavy atom. The van der Waals surface area contributed by atoms with Gasteiger partial charge in [-0.2, -0.15) is 0 Å². The highest BCUT2D eigenvalue weighted by Gasteiger charge is 2.27. The largest absolute Gasteiger partial charge is 0.229 e. The Hall–Kier alpha value is -0.200. The van der Waals surface area contributed by atoms with Crippen LogP contribution in [0.15, 0.2) is 4.99 Å². The Kier molecular flexibility index (Phi) is 2.80. The first-order valence-electron chi connectivity index (χ1n) is 4.21. The second kappa shape index (κ2) is 3.46. The number of aliphatic imine (C=N–C) groups is 1. The average molecular weight is 169 g/mol. The molecule has 0 amide bonds. The zero-order valence-corrected chi connectivity index (χ0v) is 8.08. The van der Waals surface area contributed by atoms with E-state index in [9.17, 15) is 0 Å². The van der Waals surface area contributed by atoms with Crippen LogP contribution in [0.1, 0.15) is 39.5 Å². The smallest absolute Gasteiger partial charge is 0.0607 e. The van der Waals surface area contributed by atoms with Gasteiger partial charge in [-0.05, 0) is 36.9 Å². The van der Waals surface area contributed by atoms with Gasteiger partial charge < -0.3 is 0 Å². The standard InChI is InChI=1S/C9H15NS/c1-9(2)5-3-4-8(6-9)10-7-11/h8H,3-6H2,1-2H3. The normalized spacial score (nSPS) is 29.1. The third-order valence-corrected chi connectivity index (χ3v) is 2.52. The molecule has 1 aliphatic rings. The Labute approximate surface area is 73.9 Å². The summed E-state index contributed by atoms with van der Waals surface area (Å²) in [6.45, 7) is 4.61. The molecule has 1 fully saturated rings. The van der Waals surface area contributed by atoms with Gasteiger partial charge in [-0.15, -0.1) is 0 Å². The molecule has 0 aliphatic heterocycles. The zero-order chi connectivity index (χ0) is 8.32. The van der Waals surface area contributed by atoms with E-state index in [-0.39, 0.29) is 0 Å². The van der Waals surface area contributed by atoms with Crippen LogP contribution in [0.2, 0.25) is 0 Å². The molecular weight excluding hydrogens is 154 g/mol. The molecule has 0 radical (unpaired) electrons. The van der Waals surface area contributed by atoms with Gasteiger partial charge in [0, 0.05) is 0 Å². The Balaban J connectivity index is 2.52. The monoisotopic (exact) mass is 169 g/mol. The second-order valence-electron chi connectivity index (χ2n) is 4.13. The van der Waals surface area contributed by atoms with E-state index in [1.807, 2.05) is 0 Å². The van der Waals surface area contributed by atoms with Gasteiger partial charge in [0.05, 0.1) is 11.2 Å². The van der Waals surface area contributed by atoms with Gasteiger partial charge >= 0.3 is 0 Å². The predicted molar refractivity (Wildman–Crippen MR) is 51.1 cm³/mol. The molecular formula is C9H15NS. The molecule has 0 aromatic rings. The highest BCUT2D eigenvalue weighted by Crippen LogP contribution is 2.36. The Morgan fingerprint density at radius 1 is 1.55 bits per heavy atom. The second-order valence-corrected chi connectivity index (χ2v) is 4.32. The summed E-state index contributed by atoms with van der Waals surface area (Å²) in [4.78, 5) is 4.14. The van der Waals surface area contributed by atoms with Crippen molar-refractivity contribution in [1.82, 2.24) is 0 Å². The van der Waals surface area contributed by atoms with Crippen molar-refractivity contribution in [3.8, 4) is 0 Å². The highest BCUT2D eigenvalue weighted by atomic mass is 32.1. The van der Waals surface area contributed by atoms with Crippen LogP contribution in [0.5, 0.6) is 0 Å². The van der Waals surface area contributed by atoms with Gasteiger partial charge in [0.2, 0.25) is 0 Å². The molecule has 11 heavy (non-hydrogen) atoms. The van der Waals surface area contributed by atoms with Crippen LogP contribution in [0.4, 0.5) is 0 Å². The van der Waals surface area contributed by atoms with Gasteiger partial charge in [-0.1, -0.05) is 20.3 Å². The van der Waals surface area contributed by atoms with E-state index in [2.05, 4.69) is 36.2 Å². The Bertz CT molecular complexity index is 180. The van der Waals surface area contributed by atoms with Crippen LogP contribution in [0, 0.1) is 5.41 Å². The van der Waals surface area contributed by atoms with Crippen molar-refractivity contribution in [1.29, 1.82) is 0 Å². The van der Waals surface area contributed by atoms with Crippen molar-refractivity contribution in [2.75, 3.05) is 0 Å². The third-order valence-electron chi connectivity index (χ3n) is 2.41. The number of hydrogen-bond donors (Lipinski definition) is 0. The SMILES string of the molecule is CC1(C)CCCC(N=C=S)C1. The number of nitrogens with zero attached hydrogens (tertiary/aromatic N) is 1. The number of hydrogen-bond acceptors (Lipinski definition) is 2. The summed E-state index contributed by atoms with van der Waals surface area (Å²) < 4.78 is 0. The molecule has 62 valence electrons. The molecule has 0 aromatic heterocycles. The molecule has 0 spiro atoms. The van der Waals surface area contributed by atoms with Crippen molar-refractivity contribution >= 4 is 17.4 Å². The van der Waals surface area contributed by atoms with Gasteiger partial charge in [-0.25, -0.2) is 4.99 Å². The molecule has 0 bridgehead atoms. The average Bonchev–Trinajstić information content (AvgIpc) is 1.85. The molecule has 1 aliphatic carbocycles. The van der Waals surface area contributed by atoms with Crippen molar-refractivity contribution in [2.45, 2.75) is 45.6 Å². The summed E-state index contributed by atoms with van der Waals surface area (Å²) in [6.07, 6.45) is 5.00. The molecule has 0 aromatic carbocycles. The third kappa shape index (κ3) is 2.72. The van der Waals surface area contributed by atoms with Crippen LogP contribution in [0.25, 0.3) is 0 Å². The number of thiocarbonyl (C=S) groups is 1. The molecule has 1 saturated carbocycles. The first-order chi connectivity index (χ1) is 5.14.